The molecule has 2 aromatic carbocycles. The molecule has 1 aliphatic rings. The number of fused-ring (bicyclic) bond motifs is 1. The van der Waals surface area contributed by atoms with Crippen molar-refractivity contribution in [2.75, 3.05) is 24.6 Å². The molecular formula is C21H23N3O2. The van der Waals surface area contributed by atoms with Crippen LogP contribution in [0.4, 0.5) is 5.95 Å². The Morgan fingerprint density at radius 3 is 2.58 bits per heavy atom. The number of hydrogen-bond donors (Lipinski definition) is 1. The Morgan fingerprint density at radius 1 is 1.04 bits per heavy atom. The molecular weight excluding hydrogens is 326 g/mol. The first-order valence-corrected chi connectivity index (χ1v) is 9.19. The Hall–Kier alpha value is -2.66. The fourth-order valence-electron chi connectivity index (χ4n) is 3.45. The fourth-order valence-corrected chi connectivity index (χ4v) is 3.45. The molecule has 3 aromatic rings. The lowest BCUT2D eigenvalue weighted by atomic mass is 10.1. The number of ether oxygens (including phenoxy) is 1. The normalized spacial score (nSPS) is 15.5. The largest absolute Gasteiger partial charge is 0.378 e. The van der Waals surface area contributed by atoms with E-state index in [-0.39, 0.29) is 11.7 Å². The van der Waals surface area contributed by atoms with Gasteiger partial charge < -0.3 is 9.64 Å². The van der Waals surface area contributed by atoms with E-state index in [9.17, 15) is 4.79 Å². The van der Waals surface area contributed by atoms with E-state index < -0.39 is 0 Å². The van der Waals surface area contributed by atoms with Crippen LogP contribution in [0.2, 0.25) is 0 Å². The molecule has 0 radical (unpaired) electrons. The second-order valence-corrected chi connectivity index (χ2v) is 6.70. The minimum absolute atomic E-state index is 0.0770. The van der Waals surface area contributed by atoms with Gasteiger partial charge in [-0.1, -0.05) is 42.5 Å². The molecule has 5 nitrogen and oxygen atoms in total. The number of anilines is 1. The molecule has 4 rings (SSSR count). The summed E-state index contributed by atoms with van der Waals surface area (Å²) in [4.78, 5) is 21.9. The number of aromatic amines is 1. The van der Waals surface area contributed by atoms with Gasteiger partial charge in [0.1, 0.15) is 0 Å². The van der Waals surface area contributed by atoms with Crippen LogP contribution in [0.5, 0.6) is 0 Å². The van der Waals surface area contributed by atoms with E-state index in [4.69, 9.17) is 4.74 Å². The number of para-hydroxylation sites is 1. The van der Waals surface area contributed by atoms with E-state index in [1.165, 1.54) is 5.56 Å². The zero-order chi connectivity index (χ0) is 17.8. The van der Waals surface area contributed by atoms with Crippen LogP contribution in [0.1, 0.15) is 18.4 Å². The van der Waals surface area contributed by atoms with Gasteiger partial charge in [-0.3, -0.25) is 9.78 Å². The Labute approximate surface area is 152 Å². The predicted octanol–water partition coefficient (Wildman–Crippen LogP) is 3.15. The molecule has 26 heavy (non-hydrogen) atoms. The van der Waals surface area contributed by atoms with Gasteiger partial charge in [-0.2, -0.15) is 0 Å². The van der Waals surface area contributed by atoms with E-state index in [1.807, 2.05) is 24.3 Å². The molecule has 0 spiro atoms. The molecule has 0 amide bonds. The third kappa shape index (κ3) is 3.78. The van der Waals surface area contributed by atoms with Crippen molar-refractivity contribution < 1.29 is 4.74 Å². The number of H-pyrrole nitrogens is 1. The summed E-state index contributed by atoms with van der Waals surface area (Å²) in [7, 11) is 0. The zero-order valence-corrected chi connectivity index (χ0v) is 14.7. The van der Waals surface area contributed by atoms with Crippen molar-refractivity contribution >= 4 is 16.9 Å². The zero-order valence-electron chi connectivity index (χ0n) is 14.7. The standard InChI is InChI=1S/C21H23N3O2/c25-20-18-8-4-5-9-19(18)22-21(23-20)24-13-10-17(11-14-24)26-15-12-16-6-2-1-3-7-16/h1-9,17H,10-15H2,(H,22,23,25). The first-order valence-electron chi connectivity index (χ1n) is 9.19. The molecule has 1 N–H and O–H groups in total. The van der Waals surface area contributed by atoms with Gasteiger partial charge in [0, 0.05) is 13.1 Å². The molecule has 134 valence electrons. The van der Waals surface area contributed by atoms with Gasteiger partial charge in [-0.25, -0.2) is 4.98 Å². The van der Waals surface area contributed by atoms with Crippen LogP contribution in [0.3, 0.4) is 0 Å². The van der Waals surface area contributed by atoms with Crippen LogP contribution in [-0.4, -0.2) is 35.8 Å². The Bertz CT molecular complexity index is 915. The van der Waals surface area contributed by atoms with Crippen molar-refractivity contribution in [1.29, 1.82) is 0 Å². The number of nitrogens with zero attached hydrogens (tertiary/aromatic N) is 2. The lowest BCUT2D eigenvalue weighted by molar-refractivity contribution is 0.0389. The van der Waals surface area contributed by atoms with E-state index in [2.05, 4.69) is 39.1 Å². The highest BCUT2D eigenvalue weighted by atomic mass is 16.5. The number of rotatable bonds is 5. The van der Waals surface area contributed by atoms with Gasteiger partial charge in [0.25, 0.3) is 5.56 Å². The molecule has 0 unspecified atom stereocenters. The number of benzene rings is 2. The molecule has 1 saturated heterocycles. The van der Waals surface area contributed by atoms with Gasteiger partial charge in [-0.05, 0) is 37.0 Å². The summed E-state index contributed by atoms with van der Waals surface area (Å²) >= 11 is 0. The maximum absolute atomic E-state index is 12.2. The molecule has 1 aromatic heterocycles. The third-order valence-corrected chi connectivity index (χ3v) is 4.93. The van der Waals surface area contributed by atoms with Crippen molar-refractivity contribution in [3.8, 4) is 0 Å². The van der Waals surface area contributed by atoms with Crippen LogP contribution in [-0.2, 0) is 11.2 Å². The molecule has 0 bridgehead atoms. The van der Waals surface area contributed by atoms with Gasteiger partial charge in [-0.15, -0.1) is 0 Å². The maximum Gasteiger partial charge on any atom is 0.260 e. The van der Waals surface area contributed by atoms with Crippen LogP contribution in [0.15, 0.2) is 59.4 Å². The van der Waals surface area contributed by atoms with Crippen molar-refractivity contribution in [3.05, 3.63) is 70.5 Å². The molecule has 1 aliphatic heterocycles. The summed E-state index contributed by atoms with van der Waals surface area (Å²) in [5, 5.41) is 0.635. The number of nitrogens with one attached hydrogen (secondary N) is 1. The molecule has 0 aliphatic carbocycles. The third-order valence-electron chi connectivity index (χ3n) is 4.93. The highest BCUT2D eigenvalue weighted by Crippen LogP contribution is 2.19. The summed E-state index contributed by atoms with van der Waals surface area (Å²) in [6, 6.07) is 17.9. The predicted molar refractivity (Wildman–Crippen MR) is 104 cm³/mol. The monoisotopic (exact) mass is 349 g/mol. The fraction of sp³-hybridized carbons (Fsp3) is 0.333. The molecule has 0 atom stereocenters. The molecule has 2 heterocycles. The second-order valence-electron chi connectivity index (χ2n) is 6.70. The Kier molecular flexibility index (Phi) is 4.97. The second kappa shape index (κ2) is 7.70. The smallest absolute Gasteiger partial charge is 0.260 e. The molecule has 1 fully saturated rings. The van der Waals surface area contributed by atoms with E-state index in [1.54, 1.807) is 6.07 Å². The number of aromatic nitrogens is 2. The minimum atomic E-state index is -0.0770. The van der Waals surface area contributed by atoms with Gasteiger partial charge in [0.15, 0.2) is 0 Å². The summed E-state index contributed by atoms with van der Waals surface area (Å²) in [6.07, 6.45) is 3.12. The first kappa shape index (κ1) is 16.8. The highest BCUT2D eigenvalue weighted by Gasteiger charge is 2.21. The Balaban J connectivity index is 1.33. The highest BCUT2D eigenvalue weighted by molar-refractivity contribution is 5.78. The quantitative estimate of drug-likeness (QED) is 0.769. The van der Waals surface area contributed by atoms with Gasteiger partial charge in [0.2, 0.25) is 5.95 Å². The Morgan fingerprint density at radius 2 is 1.77 bits per heavy atom. The first-order chi connectivity index (χ1) is 12.8. The van der Waals surface area contributed by atoms with E-state index in [0.29, 0.717) is 11.3 Å². The SMILES string of the molecule is O=c1[nH]c(N2CCC(OCCc3ccccc3)CC2)nc2ccccc12. The molecule has 0 saturated carbocycles. The van der Waals surface area contributed by atoms with Gasteiger partial charge in [0.05, 0.1) is 23.6 Å². The summed E-state index contributed by atoms with van der Waals surface area (Å²) in [5.41, 5.74) is 1.97. The maximum atomic E-state index is 12.2. The lowest BCUT2D eigenvalue weighted by Gasteiger charge is -2.32. The van der Waals surface area contributed by atoms with Crippen molar-refractivity contribution in [2.24, 2.45) is 0 Å². The molecule has 5 heteroatoms. The van der Waals surface area contributed by atoms with Crippen molar-refractivity contribution in [3.63, 3.8) is 0 Å². The van der Waals surface area contributed by atoms with Crippen LogP contribution < -0.4 is 10.5 Å². The van der Waals surface area contributed by atoms with E-state index in [0.717, 1.165) is 44.5 Å². The van der Waals surface area contributed by atoms with Crippen LogP contribution >= 0.6 is 0 Å². The topological polar surface area (TPSA) is 58.2 Å². The van der Waals surface area contributed by atoms with Crippen LogP contribution in [0, 0.1) is 0 Å². The van der Waals surface area contributed by atoms with Crippen molar-refractivity contribution in [2.45, 2.75) is 25.4 Å². The van der Waals surface area contributed by atoms with E-state index >= 15 is 0 Å². The minimum Gasteiger partial charge on any atom is -0.378 e. The van der Waals surface area contributed by atoms with Crippen molar-refractivity contribution in [1.82, 2.24) is 9.97 Å². The number of piperidine rings is 1. The summed E-state index contributed by atoms with van der Waals surface area (Å²) < 4.78 is 6.05. The average molecular weight is 349 g/mol. The van der Waals surface area contributed by atoms with Gasteiger partial charge >= 0.3 is 0 Å². The number of hydrogen-bond acceptors (Lipinski definition) is 4. The van der Waals surface area contributed by atoms with Crippen LogP contribution in [0.25, 0.3) is 10.9 Å². The lowest BCUT2D eigenvalue weighted by Crippen LogP contribution is -2.39. The summed E-state index contributed by atoms with van der Waals surface area (Å²) in [5.74, 6) is 0.663. The summed E-state index contributed by atoms with van der Waals surface area (Å²) in [6.45, 7) is 2.44. The average Bonchev–Trinajstić information content (AvgIpc) is 2.69.